The Labute approximate surface area is 95.8 Å². The third-order valence-electron chi connectivity index (χ3n) is 2.37. The average molecular weight is 220 g/mol. The van der Waals surface area contributed by atoms with Gasteiger partial charge >= 0.3 is 0 Å². The lowest BCUT2D eigenvalue weighted by Gasteiger charge is -2.13. The lowest BCUT2D eigenvalue weighted by molar-refractivity contribution is 0.389. The molecule has 0 atom stereocenters. The van der Waals surface area contributed by atoms with Crippen LogP contribution >= 0.6 is 0 Å². The van der Waals surface area contributed by atoms with Crippen LogP contribution in [0.2, 0.25) is 0 Å². The van der Waals surface area contributed by atoms with Crippen LogP contribution in [-0.2, 0) is 6.54 Å². The van der Waals surface area contributed by atoms with E-state index in [1.165, 1.54) is 0 Å². The maximum atomic E-state index is 8.46. The van der Waals surface area contributed by atoms with Crippen LogP contribution in [-0.4, -0.2) is 20.8 Å². The van der Waals surface area contributed by atoms with E-state index in [1.807, 2.05) is 25.1 Å². The molecule has 1 N–H and O–H groups in total. The summed E-state index contributed by atoms with van der Waals surface area (Å²) in [6.45, 7) is 2.94. The number of methoxy groups -OCH3 is 2. The molecule has 1 aromatic carbocycles. The summed E-state index contributed by atoms with van der Waals surface area (Å²) in [4.78, 5) is 0. The minimum atomic E-state index is 0.328. The highest BCUT2D eigenvalue weighted by Crippen LogP contribution is 2.28. The monoisotopic (exact) mass is 220 g/mol. The molecule has 0 bridgehead atoms. The zero-order chi connectivity index (χ0) is 12.0. The van der Waals surface area contributed by atoms with Crippen molar-refractivity contribution in [2.24, 2.45) is 0 Å². The number of hydrogen-bond acceptors (Lipinski definition) is 4. The second-order valence-electron chi connectivity index (χ2n) is 3.39. The van der Waals surface area contributed by atoms with E-state index in [0.29, 0.717) is 13.1 Å². The zero-order valence-electron chi connectivity index (χ0n) is 9.83. The lowest BCUT2D eigenvalue weighted by atomic mass is 10.1. The highest BCUT2D eigenvalue weighted by atomic mass is 16.5. The largest absolute Gasteiger partial charge is 0.497 e. The fraction of sp³-hybridized carbons (Fsp3) is 0.417. The minimum Gasteiger partial charge on any atom is -0.497 e. The number of aryl methyl sites for hydroxylation is 1. The summed E-state index contributed by atoms with van der Waals surface area (Å²) in [6, 6.07) is 5.83. The molecule has 0 amide bonds. The van der Waals surface area contributed by atoms with Crippen LogP contribution in [0.4, 0.5) is 0 Å². The highest BCUT2D eigenvalue weighted by Gasteiger charge is 2.08. The van der Waals surface area contributed by atoms with Crippen molar-refractivity contribution in [2.75, 3.05) is 20.8 Å². The van der Waals surface area contributed by atoms with Gasteiger partial charge in [0.1, 0.15) is 11.5 Å². The molecule has 4 nitrogen and oxygen atoms in total. The molecule has 0 aromatic heterocycles. The predicted molar refractivity (Wildman–Crippen MR) is 61.6 cm³/mol. The Balaban J connectivity index is 2.93. The summed E-state index contributed by atoms with van der Waals surface area (Å²) >= 11 is 0. The van der Waals surface area contributed by atoms with Gasteiger partial charge in [0.25, 0.3) is 0 Å². The summed E-state index contributed by atoms with van der Waals surface area (Å²) in [5, 5.41) is 11.5. The molecule has 0 radical (unpaired) electrons. The second-order valence-corrected chi connectivity index (χ2v) is 3.39. The van der Waals surface area contributed by atoms with Gasteiger partial charge in [-0.25, -0.2) is 0 Å². The van der Waals surface area contributed by atoms with Gasteiger partial charge in [-0.3, -0.25) is 0 Å². The van der Waals surface area contributed by atoms with E-state index in [0.717, 1.165) is 22.6 Å². The van der Waals surface area contributed by atoms with E-state index in [9.17, 15) is 0 Å². The molecule has 0 saturated carbocycles. The van der Waals surface area contributed by atoms with Crippen molar-refractivity contribution < 1.29 is 9.47 Å². The number of ether oxygens (including phenoxy) is 2. The Bertz CT molecular complexity index is 397. The maximum absolute atomic E-state index is 8.46. The van der Waals surface area contributed by atoms with E-state index >= 15 is 0 Å². The van der Waals surface area contributed by atoms with Gasteiger partial charge in [-0.15, -0.1) is 0 Å². The van der Waals surface area contributed by atoms with E-state index in [4.69, 9.17) is 14.7 Å². The van der Waals surface area contributed by atoms with Crippen LogP contribution in [0.25, 0.3) is 0 Å². The van der Waals surface area contributed by atoms with Gasteiger partial charge in [0.05, 0.1) is 26.8 Å². The number of nitrogens with one attached hydrogen (secondary N) is 1. The molecule has 0 heterocycles. The van der Waals surface area contributed by atoms with Crippen molar-refractivity contribution in [3.8, 4) is 17.6 Å². The van der Waals surface area contributed by atoms with E-state index in [1.54, 1.807) is 14.2 Å². The molecule has 0 aliphatic rings. The number of benzene rings is 1. The maximum Gasteiger partial charge on any atom is 0.127 e. The van der Waals surface area contributed by atoms with Crippen molar-refractivity contribution in [1.29, 1.82) is 5.26 Å². The first-order chi connectivity index (χ1) is 7.72. The molecular weight excluding hydrogens is 204 g/mol. The van der Waals surface area contributed by atoms with Crippen LogP contribution in [0.3, 0.4) is 0 Å². The molecule has 0 unspecified atom stereocenters. The van der Waals surface area contributed by atoms with Crippen molar-refractivity contribution in [2.45, 2.75) is 13.5 Å². The van der Waals surface area contributed by atoms with Crippen molar-refractivity contribution >= 4 is 0 Å². The first-order valence-corrected chi connectivity index (χ1v) is 5.02. The van der Waals surface area contributed by atoms with Crippen LogP contribution in [0, 0.1) is 18.3 Å². The summed E-state index contributed by atoms with van der Waals surface area (Å²) in [7, 11) is 3.25. The highest BCUT2D eigenvalue weighted by molar-refractivity contribution is 5.46. The number of nitrogens with zero attached hydrogens (tertiary/aromatic N) is 1. The molecule has 4 heteroatoms. The zero-order valence-corrected chi connectivity index (χ0v) is 9.83. The average Bonchev–Trinajstić information content (AvgIpc) is 2.30. The van der Waals surface area contributed by atoms with E-state index in [2.05, 4.69) is 5.32 Å². The Morgan fingerprint density at radius 1 is 1.31 bits per heavy atom. The first kappa shape index (κ1) is 12.3. The van der Waals surface area contributed by atoms with Gasteiger partial charge in [-0.2, -0.15) is 5.26 Å². The molecule has 16 heavy (non-hydrogen) atoms. The molecule has 86 valence electrons. The number of hydrogen-bond donors (Lipinski definition) is 1. The smallest absolute Gasteiger partial charge is 0.127 e. The third kappa shape index (κ3) is 2.88. The normalized spacial score (nSPS) is 9.62. The van der Waals surface area contributed by atoms with Gasteiger partial charge in [0, 0.05) is 18.2 Å². The van der Waals surface area contributed by atoms with Crippen molar-refractivity contribution in [3.63, 3.8) is 0 Å². The number of nitriles is 1. The fourth-order valence-corrected chi connectivity index (χ4v) is 1.52. The second kappa shape index (κ2) is 5.99. The number of rotatable bonds is 5. The Kier molecular flexibility index (Phi) is 4.62. The standard InChI is InChI=1S/C12H16N2O2/c1-9-6-10(15-2)7-12(16-3)11(9)8-14-5-4-13/h6-7,14H,5,8H2,1-3H3. The van der Waals surface area contributed by atoms with Crippen LogP contribution in [0.1, 0.15) is 11.1 Å². The van der Waals surface area contributed by atoms with Crippen LogP contribution in [0.15, 0.2) is 12.1 Å². The van der Waals surface area contributed by atoms with Crippen molar-refractivity contribution in [1.82, 2.24) is 5.32 Å². The minimum absolute atomic E-state index is 0.328. The fourth-order valence-electron chi connectivity index (χ4n) is 1.52. The van der Waals surface area contributed by atoms with E-state index < -0.39 is 0 Å². The summed E-state index contributed by atoms with van der Waals surface area (Å²) in [5.41, 5.74) is 2.14. The SMILES string of the molecule is COc1cc(C)c(CNCC#N)c(OC)c1. The van der Waals surface area contributed by atoms with E-state index in [-0.39, 0.29) is 0 Å². The predicted octanol–water partition coefficient (Wildman–Crippen LogP) is 1.63. The van der Waals surface area contributed by atoms with Gasteiger partial charge < -0.3 is 14.8 Å². The quantitative estimate of drug-likeness (QED) is 0.605. The lowest BCUT2D eigenvalue weighted by Crippen LogP contribution is -2.14. The molecule has 0 spiro atoms. The summed E-state index contributed by atoms with van der Waals surface area (Å²) in [5.74, 6) is 1.56. The van der Waals surface area contributed by atoms with Gasteiger partial charge in [0.2, 0.25) is 0 Å². The Morgan fingerprint density at radius 3 is 2.62 bits per heavy atom. The first-order valence-electron chi connectivity index (χ1n) is 5.02. The van der Waals surface area contributed by atoms with Gasteiger partial charge in [-0.1, -0.05) is 0 Å². The summed E-state index contributed by atoms with van der Waals surface area (Å²) < 4.78 is 10.5. The third-order valence-corrected chi connectivity index (χ3v) is 2.37. The van der Waals surface area contributed by atoms with Gasteiger partial charge in [0.15, 0.2) is 0 Å². The summed E-state index contributed by atoms with van der Waals surface area (Å²) in [6.07, 6.45) is 0. The Hall–Kier alpha value is -1.73. The van der Waals surface area contributed by atoms with Gasteiger partial charge in [-0.05, 0) is 18.6 Å². The Morgan fingerprint density at radius 2 is 2.06 bits per heavy atom. The van der Waals surface area contributed by atoms with Crippen LogP contribution < -0.4 is 14.8 Å². The van der Waals surface area contributed by atoms with Crippen LogP contribution in [0.5, 0.6) is 11.5 Å². The topological polar surface area (TPSA) is 54.3 Å². The molecule has 0 aliphatic carbocycles. The molecule has 0 fully saturated rings. The molecule has 1 rings (SSSR count). The molecule has 0 aliphatic heterocycles. The molecule has 1 aromatic rings. The van der Waals surface area contributed by atoms with Crippen molar-refractivity contribution in [3.05, 3.63) is 23.3 Å². The molecule has 0 saturated heterocycles. The molecular formula is C12H16N2O2.